The van der Waals surface area contributed by atoms with Crippen molar-refractivity contribution in [2.45, 2.75) is 31.3 Å². The van der Waals surface area contributed by atoms with E-state index in [9.17, 15) is 4.21 Å². The van der Waals surface area contributed by atoms with Crippen LogP contribution in [0.4, 0.5) is 0 Å². The molecule has 1 heterocycles. The maximum Gasteiger partial charge on any atom is 0.0560 e. The molecule has 4 nitrogen and oxygen atoms in total. The maximum absolute atomic E-state index is 12.0. The molecule has 2 rings (SSSR count). The number of benzene rings is 1. The van der Waals surface area contributed by atoms with Crippen LogP contribution in [0.25, 0.3) is 0 Å². The summed E-state index contributed by atoms with van der Waals surface area (Å²) in [6.45, 7) is 5.71. The molecule has 0 aliphatic heterocycles. The Morgan fingerprint density at radius 3 is 2.75 bits per heavy atom. The Kier molecular flexibility index (Phi) is 5.49. The number of aromatic nitrogens is 2. The van der Waals surface area contributed by atoms with Gasteiger partial charge in [-0.1, -0.05) is 18.2 Å². The van der Waals surface area contributed by atoms with Crippen LogP contribution in [0.1, 0.15) is 12.5 Å². The summed E-state index contributed by atoms with van der Waals surface area (Å²) in [6, 6.07) is 9.90. The third-order valence-electron chi connectivity index (χ3n) is 3.01. The molecule has 0 radical (unpaired) electrons. The van der Waals surface area contributed by atoms with Gasteiger partial charge < -0.3 is 5.32 Å². The zero-order valence-electron chi connectivity index (χ0n) is 12.0. The Balaban J connectivity index is 1.71. The first kappa shape index (κ1) is 14.9. The van der Waals surface area contributed by atoms with Crippen LogP contribution in [0.2, 0.25) is 0 Å². The molecule has 1 aromatic carbocycles. The zero-order chi connectivity index (χ0) is 14.4. The average Bonchev–Trinajstić information content (AvgIpc) is 2.85. The van der Waals surface area contributed by atoms with Crippen LogP contribution < -0.4 is 5.32 Å². The van der Waals surface area contributed by atoms with Crippen LogP contribution >= 0.6 is 0 Å². The number of hydrogen-bond acceptors (Lipinski definition) is 3. The van der Waals surface area contributed by atoms with Gasteiger partial charge in [-0.3, -0.25) is 8.89 Å². The first-order chi connectivity index (χ1) is 9.65. The van der Waals surface area contributed by atoms with E-state index in [4.69, 9.17) is 0 Å². The Labute approximate surface area is 122 Å². The Morgan fingerprint density at radius 2 is 2.10 bits per heavy atom. The Morgan fingerprint density at radius 1 is 1.35 bits per heavy atom. The van der Waals surface area contributed by atoms with Crippen molar-refractivity contribution in [3.8, 4) is 0 Å². The summed E-state index contributed by atoms with van der Waals surface area (Å²) in [5.41, 5.74) is 1.17. The van der Waals surface area contributed by atoms with Crippen molar-refractivity contribution in [3.63, 3.8) is 0 Å². The molecule has 0 aliphatic rings. The molecule has 0 aliphatic carbocycles. The van der Waals surface area contributed by atoms with Crippen LogP contribution in [0.3, 0.4) is 0 Å². The minimum atomic E-state index is -0.927. The van der Waals surface area contributed by atoms with Crippen LogP contribution in [-0.2, 0) is 17.3 Å². The molecule has 0 amide bonds. The van der Waals surface area contributed by atoms with E-state index in [-0.39, 0.29) is 0 Å². The highest BCUT2D eigenvalue weighted by molar-refractivity contribution is 7.85. The predicted octanol–water partition coefficient (Wildman–Crippen LogP) is 1.98. The minimum Gasteiger partial charge on any atom is -0.311 e. The molecule has 5 heteroatoms. The smallest absolute Gasteiger partial charge is 0.0560 e. The van der Waals surface area contributed by atoms with Gasteiger partial charge in [-0.2, -0.15) is 5.10 Å². The van der Waals surface area contributed by atoms with Crippen molar-refractivity contribution < 1.29 is 4.21 Å². The molecule has 2 atom stereocenters. The van der Waals surface area contributed by atoms with E-state index in [0.29, 0.717) is 11.8 Å². The highest BCUT2D eigenvalue weighted by atomic mass is 32.2. The van der Waals surface area contributed by atoms with Gasteiger partial charge in [-0.05, 0) is 31.5 Å². The third kappa shape index (κ3) is 4.58. The SMILES string of the molecule is Cc1cnn(CC(C)NCCS(=O)c2ccccc2)c1. The fourth-order valence-electron chi connectivity index (χ4n) is 2.00. The number of hydrogen-bond donors (Lipinski definition) is 1. The Bertz CT molecular complexity index is 553. The van der Waals surface area contributed by atoms with Gasteiger partial charge in [-0.25, -0.2) is 0 Å². The normalized spacial score (nSPS) is 14.1. The van der Waals surface area contributed by atoms with E-state index in [0.717, 1.165) is 18.0 Å². The maximum atomic E-state index is 12.0. The molecule has 2 aromatic rings. The molecule has 108 valence electrons. The standard InChI is InChI=1S/C15H21N3OS/c1-13-10-17-18(11-13)12-14(2)16-8-9-20(19)15-6-4-3-5-7-15/h3-7,10-11,14,16H,8-9,12H2,1-2H3. The fourth-order valence-corrected chi connectivity index (χ4v) is 3.00. The van der Waals surface area contributed by atoms with Crippen molar-refractivity contribution in [2.24, 2.45) is 0 Å². The van der Waals surface area contributed by atoms with Crippen molar-refractivity contribution in [2.75, 3.05) is 12.3 Å². The molecule has 1 N–H and O–H groups in total. The largest absolute Gasteiger partial charge is 0.311 e. The van der Waals surface area contributed by atoms with Crippen molar-refractivity contribution in [1.82, 2.24) is 15.1 Å². The molecule has 2 unspecified atom stereocenters. The Hall–Kier alpha value is -1.46. The molecule has 0 saturated carbocycles. The highest BCUT2D eigenvalue weighted by Gasteiger charge is 2.06. The van der Waals surface area contributed by atoms with Gasteiger partial charge in [0.05, 0.1) is 23.5 Å². The van der Waals surface area contributed by atoms with E-state index in [1.54, 1.807) is 0 Å². The van der Waals surface area contributed by atoms with Gasteiger partial charge in [0.25, 0.3) is 0 Å². The molecule has 0 fully saturated rings. The lowest BCUT2D eigenvalue weighted by molar-refractivity contribution is 0.462. The summed E-state index contributed by atoms with van der Waals surface area (Å²) < 4.78 is 14.0. The molecular formula is C15H21N3OS. The van der Waals surface area contributed by atoms with E-state index >= 15 is 0 Å². The molecule has 1 aromatic heterocycles. The van der Waals surface area contributed by atoms with E-state index in [2.05, 4.69) is 17.3 Å². The summed E-state index contributed by atoms with van der Waals surface area (Å²) in [7, 11) is -0.927. The molecule has 0 bridgehead atoms. The summed E-state index contributed by atoms with van der Waals surface area (Å²) >= 11 is 0. The molecule has 20 heavy (non-hydrogen) atoms. The van der Waals surface area contributed by atoms with E-state index < -0.39 is 10.8 Å². The van der Waals surface area contributed by atoms with E-state index in [1.165, 1.54) is 5.56 Å². The van der Waals surface area contributed by atoms with Gasteiger partial charge in [0.15, 0.2) is 0 Å². The number of rotatable bonds is 7. The lowest BCUT2D eigenvalue weighted by atomic mass is 10.3. The first-order valence-electron chi connectivity index (χ1n) is 6.81. The average molecular weight is 291 g/mol. The van der Waals surface area contributed by atoms with Gasteiger partial charge in [0, 0.05) is 29.4 Å². The van der Waals surface area contributed by atoms with Crippen LogP contribution in [0.5, 0.6) is 0 Å². The topological polar surface area (TPSA) is 46.9 Å². The number of aryl methyl sites for hydroxylation is 1. The van der Waals surface area contributed by atoms with Gasteiger partial charge in [0.1, 0.15) is 0 Å². The molecular weight excluding hydrogens is 270 g/mol. The molecule has 0 saturated heterocycles. The summed E-state index contributed by atoms with van der Waals surface area (Å²) in [4.78, 5) is 0.893. The predicted molar refractivity (Wildman–Crippen MR) is 82.1 cm³/mol. The lowest BCUT2D eigenvalue weighted by Gasteiger charge is -2.13. The zero-order valence-corrected chi connectivity index (χ0v) is 12.8. The fraction of sp³-hybridized carbons (Fsp3) is 0.400. The second-order valence-electron chi connectivity index (χ2n) is 4.96. The van der Waals surface area contributed by atoms with Crippen molar-refractivity contribution in [1.29, 1.82) is 0 Å². The second-order valence-corrected chi connectivity index (χ2v) is 6.53. The third-order valence-corrected chi connectivity index (χ3v) is 4.38. The number of nitrogens with one attached hydrogen (secondary N) is 1. The summed E-state index contributed by atoms with van der Waals surface area (Å²) in [5, 5.41) is 7.65. The number of nitrogens with zero attached hydrogens (tertiary/aromatic N) is 2. The van der Waals surface area contributed by atoms with Crippen molar-refractivity contribution in [3.05, 3.63) is 48.3 Å². The lowest BCUT2D eigenvalue weighted by Crippen LogP contribution is -2.33. The minimum absolute atomic E-state index is 0.307. The highest BCUT2D eigenvalue weighted by Crippen LogP contribution is 2.04. The van der Waals surface area contributed by atoms with Crippen LogP contribution in [0.15, 0.2) is 47.6 Å². The van der Waals surface area contributed by atoms with E-state index in [1.807, 2.05) is 54.3 Å². The summed E-state index contributed by atoms with van der Waals surface area (Å²) in [5.74, 6) is 0.631. The van der Waals surface area contributed by atoms with Crippen molar-refractivity contribution >= 4 is 10.8 Å². The quantitative estimate of drug-likeness (QED) is 0.848. The van der Waals surface area contributed by atoms with Gasteiger partial charge in [-0.15, -0.1) is 0 Å². The monoisotopic (exact) mass is 291 g/mol. The first-order valence-corrected chi connectivity index (χ1v) is 8.13. The van der Waals surface area contributed by atoms with Gasteiger partial charge >= 0.3 is 0 Å². The van der Waals surface area contributed by atoms with Crippen LogP contribution in [-0.4, -0.2) is 32.3 Å². The summed E-state index contributed by atoms with van der Waals surface area (Å²) in [6.07, 6.45) is 3.89. The second kappa shape index (κ2) is 7.36. The van der Waals surface area contributed by atoms with Crippen LogP contribution in [0, 0.1) is 6.92 Å². The van der Waals surface area contributed by atoms with Gasteiger partial charge in [0.2, 0.25) is 0 Å². The molecule has 0 spiro atoms.